The molecule has 0 atom stereocenters. The molecule has 1 N–H and O–H groups in total. The van der Waals surface area contributed by atoms with Gasteiger partial charge in [-0.2, -0.15) is 5.26 Å². The zero-order valence-electron chi connectivity index (χ0n) is 13.9. The Morgan fingerprint density at radius 1 is 1.12 bits per heavy atom. The number of nitrogens with zero attached hydrogens (tertiary/aromatic N) is 1. The Morgan fingerprint density at radius 3 is 2.76 bits per heavy atom. The van der Waals surface area contributed by atoms with Crippen molar-refractivity contribution in [2.75, 3.05) is 20.3 Å². The van der Waals surface area contributed by atoms with Crippen LogP contribution in [0, 0.1) is 11.3 Å². The molecule has 0 aliphatic heterocycles. The molecule has 0 saturated heterocycles. The van der Waals surface area contributed by atoms with Gasteiger partial charge in [0.15, 0.2) is 6.61 Å². The van der Waals surface area contributed by atoms with E-state index < -0.39 is 0 Å². The molecule has 3 aromatic rings. The minimum Gasteiger partial charge on any atom is -0.479 e. The third kappa shape index (κ3) is 3.54. The van der Waals surface area contributed by atoms with E-state index >= 15 is 0 Å². The van der Waals surface area contributed by atoms with Crippen LogP contribution < -0.4 is 10.3 Å². The number of hydrogen-bond acceptors (Lipinski definition) is 4. The zero-order chi connectivity index (χ0) is 17.6. The van der Waals surface area contributed by atoms with Crippen molar-refractivity contribution in [2.24, 2.45) is 0 Å². The number of nitriles is 1. The summed E-state index contributed by atoms with van der Waals surface area (Å²) < 4.78 is 10.5. The maximum absolute atomic E-state index is 12.2. The van der Waals surface area contributed by atoms with Gasteiger partial charge in [0.2, 0.25) is 0 Å². The van der Waals surface area contributed by atoms with E-state index in [1.165, 1.54) is 0 Å². The fourth-order valence-corrected chi connectivity index (χ4v) is 2.88. The molecular weight excluding hydrogens is 316 g/mol. The molecule has 1 heterocycles. The molecule has 5 heteroatoms. The lowest BCUT2D eigenvalue weighted by molar-refractivity contribution is 0.202. The highest BCUT2D eigenvalue weighted by molar-refractivity contribution is 5.97. The van der Waals surface area contributed by atoms with E-state index in [4.69, 9.17) is 14.7 Å². The topological polar surface area (TPSA) is 75.1 Å². The second kappa shape index (κ2) is 7.65. The summed E-state index contributed by atoms with van der Waals surface area (Å²) in [6, 6.07) is 15.3. The predicted octanol–water partition coefficient (Wildman–Crippen LogP) is 3.29. The van der Waals surface area contributed by atoms with Gasteiger partial charge in [-0.25, -0.2) is 0 Å². The van der Waals surface area contributed by atoms with E-state index in [1.54, 1.807) is 25.4 Å². The van der Waals surface area contributed by atoms with E-state index in [2.05, 4.69) is 11.1 Å². The van der Waals surface area contributed by atoms with Gasteiger partial charge in [-0.3, -0.25) is 4.79 Å². The molecule has 0 radical (unpaired) electrons. The first-order chi connectivity index (χ1) is 12.2. The maximum atomic E-state index is 12.2. The minimum atomic E-state index is -0.185. The highest BCUT2D eigenvalue weighted by atomic mass is 16.5. The molecule has 0 aliphatic rings. The molecule has 25 heavy (non-hydrogen) atoms. The Morgan fingerprint density at radius 2 is 1.96 bits per heavy atom. The lowest BCUT2D eigenvalue weighted by Crippen LogP contribution is -2.07. The van der Waals surface area contributed by atoms with Gasteiger partial charge >= 0.3 is 0 Å². The van der Waals surface area contributed by atoms with Gasteiger partial charge in [0.25, 0.3) is 5.56 Å². The monoisotopic (exact) mass is 334 g/mol. The smallest absolute Gasteiger partial charge is 0.255 e. The van der Waals surface area contributed by atoms with Crippen LogP contribution in [0.4, 0.5) is 0 Å². The summed E-state index contributed by atoms with van der Waals surface area (Å²) in [7, 11) is 1.68. The van der Waals surface area contributed by atoms with Crippen LogP contribution in [0.3, 0.4) is 0 Å². The second-order valence-electron chi connectivity index (χ2n) is 5.59. The van der Waals surface area contributed by atoms with E-state index in [9.17, 15) is 4.79 Å². The van der Waals surface area contributed by atoms with Crippen LogP contribution in [0.15, 0.2) is 53.5 Å². The van der Waals surface area contributed by atoms with Crippen LogP contribution in [0.5, 0.6) is 5.75 Å². The predicted molar refractivity (Wildman–Crippen MR) is 96.7 cm³/mol. The van der Waals surface area contributed by atoms with Crippen molar-refractivity contribution in [3.8, 4) is 22.9 Å². The standard InChI is InChI=1S/C20H18N2O3/c1-24-10-8-14-4-2-3-5-16(14)19-13-22-20(23)18-12-15(25-11-9-21)6-7-17(18)19/h2-7,12-13H,8,10-11H2,1H3,(H,22,23). The Bertz CT molecular complexity index is 986. The fourth-order valence-electron chi connectivity index (χ4n) is 2.88. The molecule has 0 fully saturated rings. The number of benzene rings is 2. The number of aromatic amines is 1. The fraction of sp³-hybridized carbons (Fsp3) is 0.200. The lowest BCUT2D eigenvalue weighted by Gasteiger charge is -2.12. The SMILES string of the molecule is COCCc1ccccc1-c1c[nH]c(=O)c2cc(OCC#N)ccc12. The second-order valence-corrected chi connectivity index (χ2v) is 5.59. The number of hydrogen-bond donors (Lipinski definition) is 1. The number of rotatable bonds is 6. The average Bonchev–Trinajstić information content (AvgIpc) is 2.65. The molecule has 0 aliphatic carbocycles. The van der Waals surface area contributed by atoms with Gasteiger partial charge in [-0.15, -0.1) is 0 Å². The van der Waals surface area contributed by atoms with Gasteiger partial charge in [0, 0.05) is 18.9 Å². The molecule has 0 bridgehead atoms. The number of H-pyrrole nitrogens is 1. The first kappa shape index (κ1) is 16.7. The number of methoxy groups -OCH3 is 1. The molecule has 1 aromatic heterocycles. The molecular formula is C20H18N2O3. The summed E-state index contributed by atoms with van der Waals surface area (Å²) in [5.41, 5.74) is 2.98. The van der Waals surface area contributed by atoms with Crippen molar-refractivity contribution < 1.29 is 9.47 Å². The molecule has 5 nitrogen and oxygen atoms in total. The van der Waals surface area contributed by atoms with Gasteiger partial charge in [0.05, 0.1) is 12.0 Å². The Labute approximate surface area is 145 Å². The van der Waals surface area contributed by atoms with Gasteiger partial charge in [0.1, 0.15) is 11.8 Å². The van der Waals surface area contributed by atoms with E-state index in [1.807, 2.05) is 30.3 Å². The normalized spacial score (nSPS) is 10.6. The van der Waals surface area contributed by atoms with Crippen LogP contribution in [-0.4, -0.2) is 25.3 Å². The number of fused-ring (bicyclic) bond motifs is 1. The lowest BCUT2D eigenvalue weighted by atomic mass is 9.95. The van der Waals surface area contributed by atoms with Crippen LogP contribution in [-0.2, 0) is 11.2 Å². The minimum absolute atomic E-state index is 0.0526. The van der Waals surface area contributed by atoms with Crippen molar-refractivity contribution in [1.82, 2.24) is 4.98 Å². The first-order valence-corrected chi connectivity index (χ1v) is 7.97. The summed E-state index contributed by atoms with van der Waals surface area (Å²) in [5, 5.41) is 10.0. The number of aromatic nitrogens is 1. The third-order valence-electron chi connectivity index (χ3n) is 4.06. The Kier molecular flexibility index (Phi) is 5.12. The molecule has 0 saturated carbocycles. The maximum Gasteiger partial charge on any atom is 0.255 e. The molecule has 0 amide bonds. The summed E-state index contributed by atoms with van der Waals surface area (Å²) in [4.78, 5) is 15.0. The highest BCUT2D eigenvalue weighted by Crippen LogP contribution is 2.31. The van der Waals surface area contributed by atoms with Gasteiger partial charge in [-0.1, -0.05) is 24.3 Å². The average molecular weight is 334 g/mol. The number of ether oxygens (including phenoxy) is 2. The van der Waals surface area contributed by atoms with Gasteiger partial charge in [-0.05, 0) is 41.1 Å². The summed E-state index contributed by atoms with van der Waals surface area (Å²) in [6.07, 6.45) is 2.53. The molecule has 3 rings (SSSR count). The Hall–Kier alpha value is -3.10. The molecule has 0 unspecified atom stereocenters. The zero-order valence-corrected chi connectivity index (χ0v) is 13.9. The van der Waals surface area contributed by atoms with Gasteiger partial charge < -0.3 is 14.5 Å². The van der Waals surface area contributed by atoms with E-state index in [-0.39, 0.29) is 12.2 Å². The summed E-state index contributed by atoms with van der Waals surface area (Å²) in [5.74, 6) is 0.504. The number of nitrogens with one attached hydrogen (secondary N) is 1. The van der Waals surface area contributed by atoms with Crippen LogP contribution >= 0.6 is 0 Å². The Balaban J connectivity index is 2.14. The number of pyridine rings is 1. The molecule has 2 aromatic carbocycles. The van der Waals surface area contributed by atoms with Crippen molar-refractivity contribution in [3.63, 3.8) is 0 Å². The summed E-state index contributed by atoms with van der Waals surface area (Å²) in [6.45, 7) is 0.577. The van der Waals surface area contributed by atoms with Crippen molar-refractivity contribution >= 4 is 10.8 Å². The van der Waals surface area contributed by atoms with Crippen LogP contribution in [0.2, 0.25) is 0 Å². The van der Waals surface area contributed by atoms with Crippen LogP contribution in [0.1, 0.15) is 5.56 Å². The first-order valence-electron chi connectivity index (χ1n) is 7.97. The van der Waals surface area contributed by atoms with Crippen LogP contribution in [0.25, 0.3) is 21.9 Å². The van der Waals surface area contributed by atoms with Crippen molar-refractivity contribution in [2.45, 2.75) is 6.42 Å². The summed E-state index contributed by atoms with van der Waals surface area (Å²) >= 11 is 0. The van der Waals surface area contributed by atoms with E-state index in [0.29, 0.717) is 17.7 Å². The molecule has 0 spiro atoms. The largest absolute Gasteiger partial charge is 0.479 e. The van der Waals surface area contributed by atoms with Crippen molar-refractivity contribution in [3.05, 3.63) is 64.6 Å². The third-order valence-corrected chi connectivity index (χ3v) is 4.06. The highest BCUT2D eigenvalue weighted by Gasteiger charge is 2.11. The quantitative estimate of drug-likeness (QED) is 0.750. The van der Waals surface area contributed by atoms with E-state index in [0.717, 1.165) is 28.5 Å². The van der Waals surface area contributed by atoms with Crippen molar-refractivity contribution in [1.29, 1.82) is 5.26 Å². The molecule has 126 valence electrons.